The molecule has 1 aliphatic heterocycles. The number of halogens is 1. The standard InChI is InChI=1S/C20H21ClN2O2/c1-13(2)23-18(24)11-15-5-3-4-6-17(15)19(23)20(25)22-12-14-7-9-16(21)10-8-14/h3-10,13,19H,11-12H2,1-2H3,(H,22,25). The van der Waals surface area contributed by atoms with E-state index < -0.39 is 6.04 Å². The Labute approximate surface area is 152 Å². The Balaban J connectivity index is 1.84. The van der Waals surface area contributed by atoms with Gasteiger partial charge in [0.1, 0.15) is 6.04 Å². The van der Waals surface area contributed by atoms with Crippen molar-refractivity contribution in [2.24, 2.45) is 0 Å². The van der Waals surface area contributed by atoms with Gasteiger partial charge in [-0.2, -0.15) is 0 Å². The third-order valence-electron chi connectivity index (χ3n) is 4.44. The van der Waals surface area contributed by atoms with Crippen LogP contribution in [0.15, 0.2) is 48.5 Å². The monoisotopic (exact) mass is 356 g/mol. The first-order valence-corrected chi connectivity index (χ1v) is 8.76. The molecule has 1 heterocycles. The van der Waals surface area contributed by atoms with Crippen LogP contribution < -0.4 is 5.32 Å². The van der Waals surface area contributed by atoms with Gasteiger partial charge in [0.25, 0.3) is 0 Å². The van der Waals surface area contributed by atoms with Gasteiger partial charge in [-0.3, -0.25) is 9.59 Å². The summed E-state index contributed by atoms with van der Waals surface area (Å²) in [4.78, 5) is 27.2. The van der Waals surface area contributed by atoms with Crippen molar-refractivity contribution in [1.82, 2.24) is 10.2 Å². The number of amides is 2. The Bertz CT molecular complexity index is 787. The van der Waals surface area contributed by atoms with E-state index in [-0.39, 0.29) is 17.9 Å². The van der Waals surface area contributed by atoms with E-state index in [4.69, 9.17) is 11.6 Å². The van der Waals surface area contributed by atoms with E-state index in [1.54, 1.807) is 17.0 Å². The van der Waals surface area contributed by atoms with Crippen molar-refractivity contribution in [2.75, 3.05) is 0 Å². The molecule has 25 heavy (non-hydrogen) atoms. The molecule has 1 N–H and O–H groups in total. The fourth-order valence-electron chi connectivity index (χ4n) is 3.25. The van der Waals surface area contributed by atoms with Gasteiger partial charge >= 0.3 is 0 Å². The van der Waals surface area contributed by atoms with Crippen LogP contribution in [-0.4, -0.2) is 22.8 Å². The summed E-state index contributed by atoms with van der Waals surface area (Å²) in [6, 6.07) is 14.4. The highest BCUT2D eigenvalue weighted by Gasteiger charge is 2.38. The molecule has 0 radical (unpaired) electrons. The highest BCUT2D eigenvalue weighted by molar-refractivity contribution is 6.30. The van der Waals surface area contributed by atoms with Gasteiger partial charge in [0.15, 0.2) is 0 Å². The largest absolute Gasteiger partial charge is 0.350 e. The molecule has 2 amide bonds. The summed E-state index contributed by atoms with van der Waals surface area (Å²) in [5.74, 6) is -0.176. The third-order valence-corrected chi connectivity index (χ3v) is 4.69. The smallest absolute Gasteiger partial charge is 0.247 e. The predicted molar refractivity (Wildman–Crippen MR) is 98.2 cm³/mol. The lowest BCUT2D eigenvalue weighted by Crippen LogP contribution is -2.50. The zero-order chi connectivity index (χ0) is 18.0. The summed E-state index contributed by atoms with van der Waals surface area (Å²) in [5.41, 5.74) is 2.80. The van der Waals surface area contributed by atoms with Crippen LogP contribution >= 0.6 is 11.6 Å². The first-order chi connectivity index (χ1) is 12.0. The average Bonchev–Trinajstić information content (AvgIpc) is 2.59. The number of nitrogens with one attached hydrogen (secondary N) is 1. The predicted octanol–water partition coefficient (Wildman–Crippen LogP) is 3.49. The molecule has 0 fully saturated rings. The number of hydrogen-bond acceptors (Lipinski definition) is 2. The lowest BCUT2D eigenvalue weighted by atomic mass is 9.90. The van der Waals surface area contributed by atoms with Crippen molar-refractivity contribution in [3.05, 3.63) is 70.2 Å². The summed E-state index contributed by atoms with van der Waals surface area (Å²) in [6.45, 7) is 4.27. The molecule has 5 heteroatoms. The van der Waals surface area contributed by atoms with Crippen LogP contribution in [0.25, 0.3) is 0 Å². The third kappa shape index (κ3) is 3.69. The zero-order valence-electron chi connectivity index (χ0n) is 14.3. The molecular formula is C20H21ClN2O2. The SMILES string of the molecule is CC(C)N1C(=O)Cc2ccccc2C1C(=O)NCc1ccc(Cl)cc1. The number of hydrogen-bond donors (Lipinski definition) is 1. The van der Waals surface area contributed by atoms with Crippen molar-refractivity contribution in [3.8, 4) is 0 Å². The second-order valence-electron chi connectivity index (χ2n) is 6.52. The molecule has 0 aliphatic carbocycles. The minimum absolute atomic E-state index is 0.0136. The topological polar surface area (TPSA) is 49.4 Å². The molecule has 1 aliphatic rings. The summed E-state index contributed by atoms with van der Waals surface area (Å²) in [5, 5.41) is 3.62. The fourth-order valence-corrected chi connectivity index (χ4v) is 3.38. The van der Waals surface area contributed by atoms with E-state index >= 15 is 0 Å². The second kappa shape index (κ2) is 7.28. The van der Waals surface area contributed by atoms with Gasteiger partial charge in [-0.1, -0.05) is 48.0 Å². The van der Waals surface area contributed by atoms with Crippen LogP contribution in [-0.2, 0) is 22.6 Å². The van der Waals surface area contributed by atoms with Gasteiger partial charge in [-0.15, -0.1) is 0 Å². The molecule has 2 aromatic rings. The van der Waals surface area contributed by atoms with Crippen molar-refractivity contribution >= 4 is 23.4 Å². The summed E-state index contributed by atoms with van der Waals surface area (Å²) < 4.78 is 0. The number of nitrogens with zero attached hydrogens (tertiary/aromatic N) is 1. The lowest BCUT2D eigenvalue weighted by Gasteiger charge is -2.39. The molecular weight excluding hydrogens is 336 g/mol. The normalized spacial score (nSPS) is 16.7. The maximum absolute atomic E-state index is 12.9. The van der Waals surface area contributed by atoms with Gasteiger partial charge < -0.3 is 10.2 Å². The fraction of sp³-hybridized carbons (Fsp3) is 0.300. The van der Waals surface area contributed by atoms with E-state index in [9.17, 15) is 9.59 Å². The van der Waals surface area contributed by atoms with Gasteiger partial charge in [0.2, 0.25) is 11.8 Å². The Morgan fingerprint density at radius 3 is 2.56 bits per heavy atom. The van der Waals surface area contributed by atoms with E-state index in [1.807, 2.05) is 50.2 Å². The van der Waals surface area contributed by atoms with Crippen molar-refractivity contribution in [1.29, 1.82) is 0 Å². The summed E-state index contributed by atoms with van der Waals surface area (Å²) in [7, 11) is 0. The van der Waals surface area contributed by atoms with Gasteiger partial charge in [0, 0.05) is 17.6 Å². The molecule has 1 atom stereocenters. The van der Waals surface area contributed by atoms with Crippen LogP contribution in [0.3, 0.4) is 0 Å². The first-order valence-electron chi connectivity index (χ1n) is 8.38. The zero-order valence-corrected chi connectivity index (χ0v) is 15.1. The van der Waals surface area contributed by atoms with E-state index in [0.29, 0.717) is 18.0 Å². The molecule has 0 bridgehead atoms. The molecule has 3 rings (SSSR count). The van der Waals surface area contributed by atoms with Gasteiger partial charge in [-0.25, -0.2) is 0 Å². The van der Waals surface area contributed by atoms with E-state index in [1.165, 1.54) is 0 Å². The minimum atomic E-state index is -0.593. The van der Waals surface area contributed by atoms with Gasteiger partial charge in [-0.05, 0) is 42.7 Å². The van der Waals surface area contributed by atoms with Crippen molar-refractivity contribution in [3.63, 3.8) is 0 Å². The van der Waals surface area contributed by atoms with Crippen molar-refractivity contribution < 1.29 is 9.59 Å². The van der Waals surface area contributed by atoms with Crippen LogP contribution in [0.5, 0.6) is 0 Å². The lowest BCUT2D eigenvalue weighted by molar-refractivity contribution is -0.143. The van der Waals surface area contributed by atoms with Crippen molar-refractivity contribution in [2.45, 2.75) is 38.9 Å². The second-order valence-corrected chi connectivity index (χ2v) is 6.95. The molecule has 0 spiro atoms. The van der Waals surface area contributed by atoms with E-state index in [2.05, 4.69) is 5.32 Å². The van der Waals surface area contributed by atoms with Crippen LogP contribution in [0, 0.1) is 0 Å². The molecule has 4 nitrogen and oxygen atoms in total. The number of benzene rings is 2. The number of carbonyl (C=O) groups is 2. The van der Waals surface area contributed by atoms with E-state index in [0.717, 1.165) is 16.7 Å². The maximum Gasteiger partial charge on any atom is 0.247 e. The Hall–Kier alpha value is -2.33. The maximum atomic E-state index is 12.9. The summed E-state index contributed by atoms with van der Waals surface area (Å²) >= 11 is 5.89. The molecule has 2 aromatic carbocycles. The minimum Gasteiger partial charge on any atom is -0.350 e. The average molecular weight is 357 g/mol. The molecule has 130 valence electrons. The number of fused-ring (bicyclic) bond motifs is 1. The highest BCUT2D eigenvalue weighted by Crippen LogP contribution is 2.32. The first kappa shape index (κ1) is 17.5. The van der Waals surface area contributed by atoms with Gasteiger partial charge in [0.05, 0.1) is 6.42 Å². The number of rotatable bonds is 4. The Morgan fingerprint density at radius 1 is 1.20 bits per heavy atom. The molecule has 0 saturated heterocycles. The molecule has 0 aromatic heterocycles. The van der Waals surface area contributed by atoms with Crippen LogP contribution in [0.2, 0.25) is 5.02 Å². The van der Waals surface area contributed by atoms with Crippen LogP contribution in [0.1, 0.15) is 36.6 Å². The number of carbonyl (C=O) groups excluding carboxylic acids is 2. The highest BCUT2D eigenvalue weighted by atomic mass is 35.5. The quantitative estimate of drug-likeness (QED) is 0.911. The summed E-state index contributed by atoms with van der Waals surface area (Å²) in [6.07, 6.45) is 0.343. The molecule has 1 unspecified atom stereocenters. The Morgan fingerprint density at radius 2 is 1.88 bits per heavy atom. The van der Waals surface area contributed by atoms with Crippen LogP contribution in [0.4, 0.5) is 0 Å². The molecule has 0 saturated carbocycles. The Kier molecular flexibility index (Phi) is 5.09.